The standard InChI is InChI=1S/C27H50O4/c1-2-3-4-5-6-7-8-9-10-11-12-13-18-23-30-26(28)21-16-17-22-27(29)31-24-25-19-14-15-20-25/h25H,2-24H2,1H3. The van der Waals surface area contributed by atoms with Crippen LogP contribution in [0.2, 0.25) is 0 Å². The lowest BCUT2D eigenvalue weighted by atomic mass is 10.0. The monoisotopic (exact) mass is 438 g/mol. The van der Waals surface area contributed by atoms with Gasteiger partial charge in [0.1, 0.15) is 0 Å². The normalized spacial score (nSPS) is 14.1. The Labute approximate surface area is 192 Å². The molecule has 0 spiro atoms. The molecule has 0 aliphatic heterocycles. The van der Waals surface area contributed by atoms with E-state index in [2.05, 4.69) is 6.92 Å². The first-order valence-electron chi connectivity index (χ1n) is 13.5. The molecular weight excluding hydrogens is 388 g/mol. The first kappa shape index (κ1) is 28.0. The molecule has 182 valence electrons. The van der Waals surface area contributed by atoms with Gasteiger partial charge in [-0.15, -0.1) is 0 Å². The number of esters is 2. The molecule has 1 fully saturated rings. The van der Waals surface area contributed by atoms with E-state index in [1.165, 1.54) is 96.3 Å². The van der Waals surface area contributed by atoms with E-state index < -0.39 is 0 Å². The maximum Gasteiger partial charge on any atom is 0.305 e. The van der Waals surface area contributed by atoms with Crippen LogP contribution in [0.5, 0.6) is 0 Å². The number of carbonyl (C=O) groups excluding carboxylic acids is 2. The SMILES string of the molecule is CCCCCCCCCCCCCCCOC(=O)CCCCC(=O)OCC1CCCC1. The molecule has 4 nitrogen and oxygen atoms in total. The van der Waals surface area contributed by atoms with Crippen LogP contribution in [0, 0.1) is 5.92 Å². The maximum atomic E-state index is 11.8. The summed E-state index contributed by atoms with van der Waals surface area (Å²) >= 11 is 0. The molecule has 0 unspecified atom stereocenters. The van der Waals surface area contributed by atoms with Gasteiger partial charge < -0.3 is 9.47 Å². The third-order valence-corrected chi connectivity index (χ3v) is 6.48. The molecule has 1 aliphatic carbocycles. The van der Waals surface area contributed by atoms with Gasteiger partial charge in [-0.1, -0.05) is 96.8 Å². The third-order valence-electron chi connectivity index (χ3n) is 6.48. The van der Waals surface area contributed by atoms with Crippen LogP contribution in [0.25, 0.3) is 0 Å². The Kier molecular flexibility index (Phi) is 18.8. The third kappa shape index (κ3) is 18.2. The Morgan fingerprint density at radius 1 is 0.613 bits per heavy atom. The van der Waals surface area contributed by atoms with Crippen molar-refractivity contribution >= 4 is 11.9 Å². The minimum absolute atomic E-state index is 0.118. The molecule has 0 amide bonds. The lowest BCUT2D eigenvalue weighted by molar-refractivity contribution is -0.146. The van der Waals surface area contributed by atoms with Crippen molar-refractivity contribution in [2.75, 3.05) is 13.2 Å². The van der Waals surface area contributed by atoms with Gasteiger partial charge in [-0.2, -0.15) is 0 Å². The fraction of sp³-hybridized carbons (Fsp3) is 0.926. The molecule has 4 heteroatoms. The highest BCUT2D eigenvalue weighted by molar-refractivity contribution is 5.70. The second-order valence-corrected chi connectivity index (χ2v) is 9.50. The molecule has 1 saturated carbocycles. The minimum Gasteiger partial charge on any atom is -0.466 e. The quantitative estimate of drug-likeness (QED) is 0.135. The zero-order valence-corrected chi connectivity index (χ0v) is 20.5. The molecule has 0 aromatic rings. The van der Waals surface area contributed by atoms with Crippen LogP contribution < -0.4 is 0 Å². The van der Waals surface area contributed by atoms with Crippen LogP contribution in [0.4, 0.5) is 0 Å². The molecule has 0 atom stereocenters. The molecule has 0 aromatic heterocycles. The molecule has 1 aliphatic rings. The Morgan fingerprint density at radius 2 is 1.06 bits per heavy atom. The van der Waals surface area contributed by atoms with E-state index in [4.69, 9.17) is 9.47 Å². The summed E-state index contributed by atoms with van der Waals surface area (Å²) < 4.78 is 10.6. The predicted molar refractivity (Wildman–Crippen MR) is 128 cm³/mol. The van der Waals surface area contributed by atoms with Crippen LogP contribution in [0.3, 0.4) is 0 Å². The molecule has 0 aromatic carbocycles. The van der Waals surface area contributed by atoms with Crippen LogP contribution in [0.1, 0.15) is 142 Å². The van der Waals surface area contributed by atoms with Gasteiger partial charge in [0, 0.05) is 12.8 Å². The van der Waals surface area contributed by atoms with E-state index in [1.807, 2.05) is 0 Å². The number of hydrogen-bond donors (Lipinski definition) is 0. The van der Waals surface area contributed by atoms with Gasteiger partial charge in [-0.25, -0.2) is 0 Å². The van der Waals surface area contributed by atoms with Crippen molar-refractivity contribution < 1.29 is 19.1 Å². The molecule has 0 bridgehead atoms. The molecular formula is C27H50O4. The number of rotatable bonds is 21. The summed E-state index contributed by atoms with van der Waals surface area (Å²) in [7, 11) is 0. The van der Waals surface area contributed by atoms with Crippen molar-refractivity contribution in [3.05, 3.63) is 0 Å². The van der Waals surface area contributed by atoms with Gasteiger partial charge in [-0.05, 0) is 38.0 Å². The Bertz CT molecular complexity index is 429. The molecule has 0 heterocycles. The van der Waals surface area contributed by atoms with Crippen molar-refractivity contribution in [2.45, 2.75) is 142 Å². The number of unbranched alkanes of at least 4 members (excludes halogenated alkanes) is 13. The van der Waals surface area contributed by atoms with Crippen LogP contribution in [0.15, 0.2) is 0 Å². The van der Waals surface area contributed by atoms with Gasteiger partial charge in [0.05, 0.1) is 13.2 Å². The van der Waals surface area contributed by atoms with E-state index in [-0.39, 0.29) is 11.9 Å². The van der Waals surface area contributed by atoms with Crippen molar-refractivity contribution in [1.82, 2.24) is 0 Å². The topological polar surface area (TPSA) is 52.6 Å². The van der Waals surface area contributed by atoms with Gasteiger partial charge in [0.2, 0.25) is 0 Å². The Hall–Kier alpha value is -1.06. The van der Waals surface area contributed by atoms with Crippen LogP contribution >= 0.6 is 0 Å². The molecule has 0 saturated heterocycles. The summed E-state index contributed by atoms with van der Waals surface area (Å²) in [5.41, 5.74) is 0. The lowest BCUT2D eigenvalue weighted by Crippen LogP contribution is -2.12. The fourth-order valence-electron chi connectivity index (χ4n) is 4.38. The first-order valence-corrected chi connectivity index (χ1v) is 13.5. The van der Waals surface area contributed by atoms with Crippen molar-refractivity contribution in [1.29, 1.82) is 0 Å². The zero-order chi connectivity index (χ0) is 22.4. The molecule has 31 heavy (non-hydrogen) atoms. The number of ether oxygens (including phenoxy) is 2. The number of hydrogen-bond acceptors (Lipinski definition) is 4. The highest BCUT2D eigenvalue weighted by Crippen LogP contribution is 2.24. The van der Waals surface area contributed by atoms with E-state index in [0.29, 0.717) is 44.8 Å². The zero-order valence-electron chi connectivity index (χ0n) is 20.5. The molecule has 0 N–H and O–H groups in total. The summed E-state index contributed by atoms with van der Waals surface area (Å²) in [6.07, 6.45) is 24.3. The fourth-order valence-corrected chi connectivity index (χ4v) is 4.38. The van der Waals surface area contributed by atoms with Crippen LogP contribution in [-0.2, 0) is 19.1 Å². The highest BCUT2D eigenvalue weighted by atomic mass is 16.5. The summed E-state index contributed by atoms with van der Waals surface area (Å²) in [4.78, 5) is 23.5. The summed E-state index contributed by atoms with van der Waals surface area (Å²) in [5, 5.41) is 0. The van der Waals surface area contributed by atoms with Gasteiger partial charge in [0.25, 0.3) is 0 Å². The molecule has 0 radical (unpaired) electrons. The van der Waals surface area contributed by atoms with E-state index in [1.54, 1.807) is 0 Å². The van der Waals surface area contributed by atoms with Gasteiger partial charge in [0.15, 0.2) is 0 Å². The average molecular weight is 439 g/mol. The second kappa shape index (κ2) is 20.8. The van der Waals surface area contributed by atoms with E-state index in [0.717, 1.165) is 12.8 Å². The number of carbonyl (C=O) groups is 2. The van der Waals surface area contributed by atoms with E-state index >= 15 is 0 Å². The first-order chi connectivity index (χ1) is 15.2. The van der Waals surface area contributed by atoms with Crippen molar-refractivity contribution in [3.8, 4) is 0 Å². The minimum atomic E-state index is -0.127. The van der Waals surface area contributed by atoms with Crippen molar-refractivity contribution in [3.63, 3.8) is 0 Å². The van der Waals surface area contributed by atoms with Crippen LogP contribution in [-0.4, -0.2) is 25.2 Å². The maximum absolute atomic E-state index is 11.8. The smallest absolute Gasteiger partial charge is 0.305 e. The second-order valence-electron chi connectivity index (χ2n) is 9.50. The summed E-state index contributed by atoms with van der Waals surface area (Å²) in [5.74, 6) is 0.328. The predicted octanol–water partition coefficient (Wildman–Crippen LogP) is 7.91. The van der Waals surface area contributed by atoms with Gasteiger partial charge >= 0.3 is 11.9 Å². The average Bonchev–Trinajstić information content (AvgIpc) is 3.29. The summed E-state index contributed by atoms with van der Waals surface area (Å²) in [6.45, 7) is 3.39. The summed E-state index contributed by atoms with van der Waals surface area (Å²) in [6, 6.07) is 0. The van der Waals surface area contributed by atoms with E-state index in [9.17, 15) is 9.59 Å². The van der Waals surface area contributed by atoms with Gasteiger partial charge in [-0.3, -0.25) is 9.59 Å². The highest BCUT2D eigenvalue weighted by Gasteiger charge is 2.16. The lowest BCUT2D eigenvalue weighted by Gasteiger charge is -2.09. The molecule has 1 rings (SSSR count). The van der Waals surface area contributed by atoms with Crippen molar-refractivity contribution in [2.24, 2.45) is 5.92 Å². The Balaban J connectivity index is 1.76. The Morgan fingerprint density at radius 3 is 1.58 bits per heavy atom. The largest absolute Gasteiger partial charge is 0.466 e.